The van der Waals surface area contributed by atoms with Gasteiger partial charge in [0.05, 0.1) is 16.8 Å². The van der Waals surface area contributed by atoms with Gasteiger partial charge in [-0.2, -0.15) is 29.4 Å². The second kappa shape index (κ2) is 10.0. The van der Waals surface area contributed by atoms with Crippen LogP contribution in [-0.2, 0) is 26.5 Å². The van der Waals surface area contributed by atoms with E-state index >= 15 is 0 Å². The molecule has 0 aliphatic heterocycles. The van der Waals surface area contributed by atoms with Gasteiger partial charge in [-0.1, -0.05) is 54.1 Å². The monoisotopic (exact) mass is 645 g/mol. The fourth-order valence-corrected chi connectivity index (χ4v) is 3.81. The zero-order valence-corrected chi connectivity index (χ0v) is 21.2. The van der Waals surface area contributed by atoms with Gasteiger partial charge in [-0.15, -0.1) is 12.1 Å². The van der Waals surface area contributed by atoms with E-state index in [1.165, 1.54) is 0 Å². The number of pyridine rings is 2. The van der Waals surface area contributed by atoms with E-state index in [-0.39, 0.29) is 26.6 Å². The molecule has 0 N–H and O–H groups in total. The summed E-state index contributed by atoms with van der Waals surface area (Å²) >= 11 is 0. The molecule has 35 heavy (non-hydrogen) atoms. The molecule has 3 heterocycles. The van der Waals surface area contributed by atoms with Crippen molar-refractivity contribution in [3.63, 3.8) is 0 Å². The Labute approximate surface area is 217 Å². The molecular weight excluding hydrogens is 625 g/mol. The normalized spacial score (nSPS) is 11.2. The Kier molecular flexibility index (Phi) is 7.04. The van der Waals surface area contributed by atoms with Gasteiger partial charge in [-0.05, 0) is 37.4 Å². The molecule has 4 nitrogen and oxygen atoms in total. The molecule has 0 saturated carbocycles. The van der Waals surface area contributed by atoms with Gasteiger partial charge < -0.3 is 4.98 Å². The SMILES string of the molecule is CC(C)(c1cccc(-c2[c-]cc(F)nc2F)n1)c1cc(-c2ccccc2)n(-c2[c-]cccc2)n1.[Pt+2]. The first-order chi connectivity index (χ1) is 16.4. The topological polar surface area (TPSA) is 43.6 Å². The largest absolute Gasteiger partial charge is 2.00 e. The van der Waals surface area contributed by atoms with Crippen LogP contribution < -0.4 is 0 Å². The van der Waals surface area contributed by atoms with Crippen LogP contribution in [-0.4, -0.2) is 19.7 Å². The Morgan fingerprint density at radius 2 is 1.60 bits per heavy atom. The second-order valence-corrected chi connectivity index (χ2v) is 8.36. The minimum absolute atomic E-state index is 0. The summed E-state index contributed by atoms with van der Waals surface area (Å²) in [4.78, 5) is 7.93. The number of hydrogen-bond donors (Lipinski definition) is 0. The predicted molar refractivity (Wildman–Crippen MR) is 126 cm³/mol. The van der Waals surface area contributed by atoms with Crippen LogP contribution in [0.4, 0.5) is 8.78 Å². The molecule has 0 saturated heterocycles. The van der Waals surface area contributed by atoms with Gasteiger partial charge in [-0.3, -0.25) is 9.67 Å². The number of benzene rings is 2. The van der Waals surface area contributed by atoms with E-state index in [4.69, 9.17) is 5.10 Å². The third-order valence-electron chi connectivity index (χ3n) is 5.73. The standard InChI is InChI=1S/C28H20F2N4.Pt/c1-28(2,24-15-9-14-22(31-24)21-16-17-26(29)32-27(21)30)25-18-23(19-10-5-3-6-11-19)34(33-25)20-12-7-4-8-13-20;/h3-12,14-15,17-18H,1-2H3;/q-2;+2. The van der Waals surface area contributed by atoms with Crippen molar-refractivity contribution >= 4 is 0 Å². The number of hydrogen-bond acceptors (Lipinski definition) is 3. The van der Waals surface area contributed by atoms with Crippen LogP contribution >= 0.6 is 0 Å². The van der Waals surface area contributed by atoms with Crippen LogP contribution in [0.2, 0.25) is 0 Å². The summed E-state index contributed by atoms with van der Waals surface area (Å²) in [5, 5.41) is 4.94. The number of halogens is 2. The van der Waals surface area contributed by atoms with E-state index in [0.29, 0.717) is 11.4 Å². The molecule has 7 heteroatoms. The molecule has 0 bridgehead atoms. The molecular formula is C28H20F2N4Pt. The molecule has 0 radical (unpaired) electrons. The van der Waals surface area contributed by atoms with Crippen LogP contribution in [0.5, 0.6) is 0 Å². The molecule has 5 aromatic rings. The summed E-state index contributed by atoms with van der Waals surface area (Å²) in [5.74, 6) is -1.87. The first-order valence-corrected chi connectivity index (χ1v) is 10.8. The maximum absolute atomic E-state index is 14.3. The average molecular weight is 646 g/mol. The number of nitrogens with zero attached hydrogens (tertiary/aromatic N) is 4. The maximum Gasteiger partial charge on any atom is 2.00 e. The predicted octanol–water partition coefficient (Wildman–Crippen LogP) is 6.20. The van der Waals surface area contributed by atoms with Gasteiger partial charge in [0.2, 0.25) is 0 Å². The first kappa shape index (κ1) is 24.6. The van der Waals surface area contributed by atoms with Crippen molar-refractivity contribution in [2.24, 2.45) is 0 Å². The van der Waals surface area contributed by atoms with Crippen molar-refractivity contribution in [3.8, 4) is 28.2 Å². The molecule has 2 aromatic carbocycles. The minimum atomic E-state index is -0.947. The Bertz CT molecular complexity index is 1390. The molecule has 0 aliphatic carbocycles. The van der Waals surface area contributed by atoms with Crippen LogP contribution in [0.25, 0.3) is 28.2 Å². The van der Waals surface area contributed by atoms with E-state index < -0.39 is 17.3 Å². The fraction of sp³-hybridized carbons (Fsp3) is 0.107. The molecule has 0 atom stereocenters. The van der Waals surface area contributed by atoms with Gasteiger partial charge in [0.25, 0.3) is 0 Å². The molecule has 5 rings (SSSR count). The van der Waals surface area contributed by atoms with E-state index in [1.54, 1.807) is 12.1 Å². The first-order valence-electron chi connectivity index (χ1n) is 10.8. The summed E-state index contributed by atoms with van der Waals surface area (Å²) in [6.07, 6.45) is 0. The van der Waals surface area contributed by atoms with Gasteiger partial charge in [-0.25, -0.2) is 8.78 Å². The molecule has 0 spiro atoms. The number of aromatic nitrogens is 4. The van der Waals surface area contributed by atoms with Gasteiger partial charge in [0.1, 0.15) is 11.9 Å². The second-order valence-electron chi connectivity index (χ2n) is 8.36. The third-order valence-corrected chi connectivity index (χ3v) is 5.73. The smallest absolute Gasteiger partial charge is 0.300 e. The fourth-order valence-electron chi connectivity index (χ4n) is 3.81. The molecule has 0 amide bonds. The Morgan fingerprint density at radius 1 is 0.829 bits per heavy atom. The van der Waals surface area contributed by atoms with Crippen LogP contribution in [0.3, 0.4) is 0 Å². The summed E-state index contributed by atoms with van der Waals surface area (Å²) in [6, 6.07) is 31.9. The molecule has 0 fully saturated rings. The van der Waals surface area contributed by atoms with Gasteiger partial charge in [0.15, 0.2) is 0 Å². The van der Waals surface area contributed by atoms with E-state index in [2.05, 4.69) is 22.1 Å². The van der Waals surface area contributed by atoms with Crippen LogP contribution in [0, 0.1) is 24.0 Å². The molecule has 3 aromatic heterocycles. The Hall–Kier alpha value is -3.50. The van der Waals surface area contributed by atoms with Crippen molar-refractivity contribution in [3.05, 3.63) is 120 Å². The molecule has 0 aliphatic rings. The molecule has 0 unspecified atom stereocenters. The Balaban J connectivity index is 0.00000289. The summed E-state index contributed by atoms with van der Waals surface area (Å²) in [5.41, 5.74) is 3.96. The maximum atomic E-state index is 14.3. The van der Waals surface area contributed by atoms with Crippen molar-refractivity contribution in [1.29, 1.82) is 0 Å². The third kappa shape index (κ3) is 4.85. The van der Waals surface area contributed by atoms with E-state index in [9.17, 15) is 8.78 Å². The molecule has 176 valence electrons. The summed E-state index contributed by atoms with van der Waals surface area (Å²) in [7, 11) is 0. The number of para-hydroxylation sites is 1. The summed E-state index contributed by atoms with van der Waals surface area (Å²) < 4.78 is 29.4. The van der Waals surface area contributed by atoms with Crippen molar-refractivity contribution < 1.29 is 29.8 Å². The number of rotatable bonds is 5. The quantitative estimate of drug-likeness (QED) is 0.169. The zero-order valence-electron chi connectivity index (χ0n) is 18.9. The summed E-state index contributed by atoms with van der Waals surface area (Å²) in [6.45, 7) is 4.02. The van der Waals surface area contributed by atoms with E-state index in [1.807, 2.05) is 85.3 Å². The van der Waals surface area contributed by atoms with Crippen LogP contribution in [0.15, 0.2) is 84.9 Å². The van der Waals surface area contributed by atoms with Gasteiger partial charge >= 0.3 is 21.1 Å². The van der Waals surface area contributed by atoms with Crippen molar-refractivity contribution in [2.75, 3.05) is 0 Å². The average Bonchev–Trinajstić information content (AvgIpc) is 3.32. The van der Waals surface area contributed by atoms with E-state index in [0.717, 1.165) is 28.7 Å². The Morgan fingerprint density at radius 3 is 2.31 bits per heavy atom. The van der Waals surface area contributed by atoms with Crippen molar-refractivity contribution in [1.82, 2.24) is 19.7 Å². The minimum Gasteiger partial charge on any atom is -0.300 e. The zero-order chi connectivity index (χ0) is 23.7. The van der Waals surface area contributed by atoms with Gasteiger partial charge in [0, 0.05) is 11.3 Å². The van der Waals surface area contributed by atoms with Crippen LogP contribution in [0.1, 0.15) is 25.2 Å². The van der Waals surface area contributed by atoms with Crippen molar-refractivity contribution in [2.45, 2.75) is 19.3 Å².